The van der Waals surface area contributed by atoms with Gasteiger partial charge in [0.2, 0.25) is 0 Å². The average Bonchev–Trinajstić information content (AvgIpc) is 2.15. The molecule has 3 heteroatoms. The molecule has 0 spiro atoms. The first-order chi connectivity index (χ1) is 6.69. The van der Waals surface area contributed by atoms with Crippen molar-refractivity contribution in [3.63, 3.8) is 0 Å². The average molecular weight is 258 g/mol. The maximum atomic E-state index is 5.35. The highest BCUT2D eigenvalue weighted by Gasteiger charge is 2.07. The summed E-state index contributed by atoms with van der Waals surface area (Å²) in [5, 5.41) is 3.13. The minimum absolute atomic E-state index is 0.956. The lowest BCUT2D eigenvalue weighted by atomic mass is 10.1. The molecule has 0 aliphatic carbocycles. The minimum atomic E-state index is 0.956. The number of likely N-dealkylation sites (N-methyl/N-ethyl adjacent to an activating group) is 1. The lowest BCUT2D eigenvalue weighted by Gasteiger charge is -2.11. The summed E-state index contributed by atoms with van der Waals surface area (Å²) in [5.41, 5.74) is 2.44. The molecule has 2 nitrogen and oxygen atoms in total. The molecular weight excluding hydrogens is 242 g/mol. The molecule has 0 radical (unpaired) electrons. The molecule has 0 fully saturated rings. The van der Waals surface area contributed by atoms with Crippen LogP contribution in [0.4, 0.5) is 0 Å². The van der Waals surface area contributed by atoms with E-state index in [1.807, 2.05) is 7.05 Å². The van der Waals surface area contributed by atoms with Gasteiger partial charge in [0, 0.05) is 10.0 Å². The summed E-state index contributed by atoms with van der Waals surface area (Å²) in [7, 11) is 3.67. The van der Waals surface area contributed by atoms with Gasteiger partial charge in [0.15, 0.2) is 0 Å². The van der Waals surface area contributed by atoms with Crippen LogP contribution < -0.4 is 10.1 Å². The van der Waals surface area contributed by atoms with Crippen molar-refractivity contribution in [2.75, 3.05) is 20.7 Å². The summed E-state index contributed by atoms with van der Waals surface area (Å²) >= 11 is 3.56. The molecule has 1 rings (SSSR count). The third-order valence-corrected chi connectivity index (χ3v) is 2.85. The molecule has 78 valence electrons. The van der Waals surface area contributed by atoms with Crippen LogP contribution in [0.2, 0.25) is 0 Å². The molecule has 1 aromatic carbocycles. The van der Waals surface area contributed by atoms with Crippen LogP contribution >= 0.6 is 15.9 Å². The van der Waals surface area contributed by atoms with Gasteiger partial charge in [-0.15, -0.1) is 0 Å². The highest BCUT2D eigenvalue weighted by atomic mass is 79.9. The molecule has 0 atom stereocenters. The molecular formula is C11H16BrNO. The van der Waals surface area contributed by atoms with Crippen LogP contribution in [0.5, 0.6) is 5.75 Å². The van der Waals surface area contributed by atoms with Gasteiger partial charge in [-0.25, -0.2) is 0 Å². The van der Waals surface area contributed by atoms with Crippen LogP contribution in [0.15, 0.2) is 16.6 Å². The van der Waals surface area contributed by atoms with Gasteiger partial charge in [-0.3, -0.25) is 0 Å². The summed E-state index contributed by atoms with van der Waals surface area (Å²) in [6.45, 7) is 3.02. The highest BCUT2D eigenvalue weighted by Crippen LogP contribution is 2.28. The molecule has 0 bridgehead atoms. The maximum absolute atomic E-state index is 5.35. The summed E-state index contributed by atoms with van der Waals surface area (Å²) in [4.78, 5) is 0. The fourth-order valence-electron chi connectivity index (χ4n) is 1.42. The van der Waals surface area contributed by atoms with Crippen LogP contribution in [0.3, 0.4) is 0 Å². The van der Waals surface area contributed by atoms with E-state index in [9.17, 15) is 0 Å². The molecule has 0 saturated carbocycles. The Morgan fingerprint density at radius 3 is 2.71 bits per heavy atom. The van der Waals surface area contributed by atoms with Crippen LogP contribution in [0.25, 0.3) is 0 Å². The van der Waals surface area contributed by atoms with Gasteiger partial charge >= 0.3 is 0 Å². The van der Waals surface area contributed by atoms with Crippen molar-refractivity contribution in [3.8, 4) is 5.75 Å². The fraction of sp³-hybridized carbons (Fsp3) is 0.455. The standard InChI is InChI=1S/C11H16BrNO/c1-8-6-10(12)9(4-5-13-2)11(7-8)14-3/h6-7,13H,4-5H2,1-3H3. The van der Waals surface area contributed by atoms with E-state index in [2.05, 4.69) is 40.3 Å². The Morgan fingerprint density at radius 2 is 2.14 bits per heavy atom. The van der Waals surface area contributed by atoms with Crippen molar-refractivity contribution >= 4 is 15.9 Å². The smallest absolute Gasteiger partial charge is 0.123 e. The maximum Gasteiger partial charge on any atom is 0.123 e. The quantitative estimate of drug-likeness (QED) is 0.896. The number of aryl methyl sites for hydroxylation is 1. The number of ether oxygens (including phenoxy) is 1. The van der Waals surface area contributed by atoms with E-state index in [0.717, 1.165) is 23.2 Å². The minimum Gasteiger partial charge on any atom is -0.496 e. The van der Waals surface area contributed by atoms with Gasteiger partial charge in [-0.1, -0.05) is 15.9 Å². The van der Waals surface area contributed by atoms with Crippen molar-refractivity contribution in [1.29, 1.82) is 0 Å². The van der Waals surface area contributed by atoms with Gasteiger partial charge in [-0.05, 0) is 44.6 Å². The summed E-state index contributed by atoms with van der Waals surface area (Å²) < 4.78 is 6.48. The predicted octanol–water partition coefficient (Wildman–Crippen LogP) is 2.53. The van der Waals surface area contributed by atoms with Crippen LogP contribution in [0.1, 0.15) is 11.1 Å². The normalized spacial score (nSPS) is 10.3. The number of nitrogens with one attached hydrogen (secondary N) is 1. The number of hydrogen-bond acceptors (Lipinski definition) is 2. The highest BCUT2D eigenvalue weighted by molar-refractivity contribution is 9.10. The Morgan fingerprint density at radius 1 is 1.43 bits per heavy atom. The zero-order chi connectivity index (χ0) is 10.6. The molecule has 0 heterocycles. The lowest BCUT2D eigenvalue weighted by Crippen LogP contribution is -2.11. The number of rotatable bonds is 4. The van der Waals surface area contributed by atoms with Gasteiger partial charge < -0.3 is 10.1 Å². The van der Waals surface area contributed by atoms with Crippen LogP contribution in [-0.4, -0.2) is 20.7 Å². The van der Waals surface area contributed by atoms with Gasteiger partial charge in [0.1, 0.15) is 5.75 Å². The van der Waals surface area contributed by atoms with E-state index in [1.165, 1.54) is 11.1 Å². The molecule has 1 N–H and O–H groups in total. The molecule has 0 saturated heterocycles. The SMILES string of the molecule is CNCCc1c(Br)cc(C)cc1OC. The molecule has 0 unspecified atom stereocenters. The predicted molar refractivity (Wildman–Crippen MR) is 63.1 cm³/mol. The van der Waals surface area contributed by atoms with E-state index in [-0.39, 0.29) is 0 Å². The third kappa shape index (κ3) is 2.72. The lowest BCUT2D eigenvalue weighted by molar-refractivity contribution is 0.408. The van der Waals surface area contributed by atoms with E-state index in [0.29, 0.717) is 0 Å². The second kappa shape index (κ2) is 5.37. The Bertz CT molecular complexity index is 312. The monoisotopic (exact) mass is 257 g/mol. The Kier molecular flexibility index (Phi) is 4.42. The molecule has 1 aromatic rings. The summed E-state index contributed by atoms with van der Waals surface area (Å²) in [6.07, 6.45) is 0.973. The zero-order valence-electron chi connectivity index (χ0n) is 8.86. The van der Waals surface area contributed by atoms with Crippen LogP contribution in [-0.2, 0) is 6.42 Å². The van der Waals surface area contributed by atoms with Crippen molar-refractivity contribution in [2.45, 2.75) is 13.3 Å². The summed E-state index contributed by atoms with van der Waals surface area (Å²) in [5.74, 6) is 0.965. The van der Waals surface area contributed by atoms with Crippen molar-refractivity contribution < 1.29 is 4.74 Å². The second-order valence-corrected chi connectivity index (χ2v) is 4.14. The Hall–Kier alpha value is -0.540. The van der Waals surface area contributed by atoms with Crippen molar-refractivity contribution in [3.05, 3.63) is 27.7 Å². The number of halogens is 1. The fourth-order valence-corrected chi connectivity index (χ4v) is 2.17. The van der Waals surface area contributed by atoms with Gasteiger partial charge in [0.05, 0.1) is 7.11 Å². The number of hydrogen-bond donors (Lipinski definition) is 1. The molecule has 0 aromatic heterocycles. The van der Waals surface area contributed by atoms with Gasteiger partial charge in [0.25, 0.3) is 0 Å². The largest absolute Gasteiger partial charge is 0.496 e. The summed E-state index contributed by atoms with van der Waals surface area (Å²) in [6, 6.07) is 4.18. The number of methoxy groups -OCH3 is 1. The zero-order valence-corrected chi connectivity index (χ0v) is 10.4. The number of benzene rings is 1. The van der Waals surface area contributed by atoms with Crippen LogP contribution in [0, 0.1) is 6.92 Å². The first-order valence-corrected chi connectivity index (χ1v) is 5.46. The Balaban J connectivity index is 2.99. The van der Waals surface area contributed by atoms with E-state index < -0.39 is 0 Å². The molecule has 14 heavy (non-hydrogen) atoms. The second-order valence-electron chi connectivity index (χ2n) is 3.28. The van der Waals surface area contributed by atoms with E-state index in [1.54, 1.807) is 7.11 Å². The molecule has 0 amide bonds. The first-order valence-electron chi connectivity index (χ1n) is 4.66. The van der Waals surface area contributed by atoms with Gasteiger partial charge in [-0.2, -0.15) is 0 Å². The topological polar surface area (TPSA) is 21.3 Å². The van der Waals surface area contributed by atoms with Crippen molar-refractivity contribution in [1.82, 2.24) is 5.32 Å². The third-order valence-electron chi connectivity index (χ3n) is 2.14. The molecule has 0 aliphatic rings. The Labute approximate surface area is 93.8 Å². The molecule has 0 aliphatic heterocycles. The van der Waals surface area contributed by atoms with Crippen molar-refractivity contribution in [2.24, 2.45) is 0 Å². The van der Waals surface area contributed by atoms with E-state index >= 15 is 0 Å². The van der Waals surface area contributed by atoms with E-state index in [4.69, 9.17) is 4.74 Å². The first kappa shape index (κ1) is 11.5.